The van der Waals surface area contributed by atoms with Gasteiger partial charge in [-0.25, -0.2) is 4.98 Å². The van der Waals surface area contributed by atoms with E-state index in [1.54, 1.807) is 49.1 Å². The normalized spacial score (nSPS) is 11.6. The van der Waals surface area contributed by atoms with Crippen molar-refractivity contribution in [1.82, 2.24) is 24.9 Å². The Balaban J connectivity index is 1.56. The van der Waals surface area contributed by atoms with Gasteiger partial charge >= 0.3 is 0 Å². The Hall–Kier alpha value is -4.78. The predicted octanol–water partition coefficient (Wildman–Crippen LogP) is 1.77. The molecule has 0 spiro atoms. The molecule has 0 saturated carbocycles. The largest absolute Gasteiger partial charge is 0.488 e. The molecule has 0 aliphatic heterocycles. The summed E-state index contributed by atoms with van der Waals surface area (Å²) in [7, 11) is 1.74. The summed E-state index contributed by atoms with van der Waals surface area (Å²) in [4.78, 5) is 32.0. The number of aromatic nitrogens is 5. The van der Waals surface area contributed by atoms with Gasteiger partial charge in [-0.1, -0.05) is 5.16 Å². The van der Waals surface area contributed by atoms with E-state index in [1.165, 1.54) is 18.3 Å². The monoisotopic (exact) mass is 479 g/mol. The van der Waals surface area contributed by atoms with Gasteiger partial charge in [-0.15, -0.1) is 0 Å². The number of hydrogen-bond donors (Lipinski definition) is 3. The Labute approximate surface area is 198 Å². The smallest absolute Gasteiger partial charge is 0.290 e. The van der Waals surface area contributed by atoms with E-state index in [0.717, 1.165) is 0 Å². The number of rotatable bonds is 9. The van der Waals surface area contributed by atoms with Crippen LogP contribution in [0.4, 0.5) is 5.82 Å². The molecule has 2 amide bonds. The van der Waals surface area contributed by atoms with Crippen molar-refractivity contribution < 1.29 is 28.7 Å². The average molecular weight is 479 g/mol. The maximum Gasteiger partial charge on any atom is 0.290 e. The Bertz CT molecular complexity index is 1350. The minimum absolute atomic E-state index is 0.0206. The average Bonchev–Trinajstić information content (AvgIpc) is 3.49. The summed E-state index contributed by atoms with van der Waals surface area (Å²) in [6, 6.07) is 9.44. The Morgan fingerprint density at radius 1 is 1.20 bits per heavy atom. The second-order valence-electron chi connectivity index (χ2n) is 7.40. The first-order chi connectivity index (χ1) is 16.8. The molecule has 0 bridgehead atoms. The number of carbonyl (C=O) groups excluding carboxylic acids is 2. The van der Waals surface area contributed by atoms with Crippen molar-refractivity contribution in [3.63, 3.8) is 0 Å². The zero-order chi connectivity index (χ0) is 24.9. The molecule has 4 N–H and O–H groups in total. The highest BCUT2D eigenvalue weighted by molar-refractivity contribution is 6.04. The highest BCUT2D eigenvalue weighted by atomic mass is 16.5. The van der Waals surface area contributed by atoms with E-state index < -0.39 is 17.9 Å². The fraction of sp³-hybridized carbons (Fsp3) is 0.182. The lowest BCUT2D eigenvalue weighted by Crippen LogP contribution is -2.17. The summed E-state index contributed by atoms with van der Waals surface area (Å²) in [5.74, 6) is -0.139. The van der Waals surface area contributed by atoms with Gasteiger partial charge in [-0.2, -0.15) is 10.1 Å². The van der Waals surface area contributed by atoms with Gasteiger partial charge in [0, 0.05) is 30.9 Å². The number of pyridine rings is 1. The first-order valence-corrected chi connectivity index (χ1v) is 10.3. The Kier molecular flexibility index (Phi) is 6.69. The molecule has 13 nitrogen and oxygen atoms in total. The Morgan fingerprint density at radius 3 is 2.63 bits per heavy atom. The number of aliphatic hydroxyl groups is 1. The number of aliphatic hydroxyl groups excluding tert-OH is 1. The third kappa shape index (κ3) is 5.78. The molecule has 0 aliphatic carbocycles. The second kappa shape index (κ2) is 10.0. The summed E-state index contributed by atoms with van der Waals surface area (Å²) in [5.41, 5.74) is 5.68. The number of ether oxygens (including phenoxy) is 2. The fourth-order valence-electron chi connectivity index (χ4n) is 2.90. The van der Waals surface area contributed by atoms with Crippen molar-refractivity contribution in [2.24, 2.45) is 12.8 Å². The lowest BCUT2D eigenvalue weighted by molar-refractivity contribution is 0.0985. The van der Waals surface area contributed by atoms with Crippen molar-refractivity contribution in [1.29, 1.82) is 0 Å². The molecule has 4 aromatic rings. The molecule has 4 rings (SSSR count). The zero-order valence-corrected chi connectivity index (χ0v) is 18.7. The lowest BCUT2D eigenvalue weighted by Gasteiger charge is -2.15. The highest BCUT2D eigenvalue weighted by Gasteiger charge is 2.16. The standard InChI is InChI=1S/C22H21N7O6/c1-12(11-30)33-15-7-13(21(32)25-18-5-6-29(2)27-18)8-16(9-15)34-14-3-4-17(24-10-14)22-26-20(19(23)31)28-35-22/h3-10,12,30H,11H2,1-2H3,(H2,23,31)(H,25,27,32)/t12-/m0/s1. The highest BCUT2D eigenvalue weighted by Crippen LogP contribution is 2.29. The SMILES string of the molecule is C[C@@H](CO)Oc1cc(Oc2ccc(-c3nc(C(N)=O)no3)nc2)cc(C(=O)Nc2ccn(C)n2)c1. The summed E-state index contributed by atoms with van der Waals surface area (Å²) in [6.45, 7) is 1.48. The summed E-state index contributed by atoms with van der Waals surface area (Å²) < 4.78 is 18.1. The van der Waals surface area contributed by atoms with Gasteiger partial charge in [0.05, 0.1) is 12.8 Å². The molecular weight excluding hydrogens is 458 g/mol. The van der Waals surface area contributed by atoms with Crippen LogP contribution in [0.2, 0.25) is 0 Å². The number of hydrogen-bond acceptors (Lipinski definition) is 10. The van der Waals surface area contributed by atoms with Crippen LogP contribution in [0.1, 0.15) is 27.9 Å². The maximum atomic E-state index is 12.8. The van der Waals surface area contributed by atoms with Crippen LogP contribution in [0.15, 0.2) is 53.3 Å². The van der Waals surface area contributed by atoms with Crippen molar-refractivity contribution in [2.75, 3.05) is 11.9 Å². The number of primary amides is 1. The van der Waals surface area contributed by atoms with Gasteiger partial charge in [-0.05, 0) is 31.2 Å². The number of benzene rings is 1. The molecule has 0 unspecified atom stereocenters. The first-order valence-electron chi connectivity index (χ1n) is 10.3. The van der Waals surface area contributed by atoms with E-state index in [2.05, 4.69) is 25.5 Å². The number of amides is 2. The molecule has 1 atom stereocenters. The van der Waals surface area contributed by atoms with Gasteiger partial charge in [0.1, 0.15) is 29.0 Å². The summed E-state index contributed by atoms with van der Waals surface area (Å²) in [6.07, 6.45) is 2.60. The number of aryl methyl sites for hydroxylation is 1. The van der Waals surface area contributed by atoms with Crippen LogP contribution in [-0.2, 0) is 7.05 Å². The molecule has 0 fully saturated rings. The summed E-state index contributed by atoms with van der Waals surface area (Å²) in [5, 5.41) is 19.6. The van der Waals surface area contributed by atoms with E-state index in [-0.39, 0.29) is 23.9 Å². The fourth-order valence-corrected chi connectivity index (χ4v) is 2.90. The molecule has 3 aromatic heterocycles. The third-order valence-electron chi connectivity index (χ3n) is 4.53. The van der Waals surface area contributed by atoms with Crippen LogP contribution in [0.5, 0.6) is 17.2 Å². The van der Waals surface area contributed by atoms with E-state index in [0.29, 0.717) is 28.8 Å². The molecule has 0 saturated heterocycles. The van der Waals surface area contributed by atoms with Crippen molar-refractivity contribution >= 4 is 17.6 Å². The number of nitrogens with two attached hydrogens (primary N) is 1. The van der Waals surface area contributed by atoms with E-state index in [1.807, 2.05) is 0 Å². The van der Waals surface area contributed by atoms with Gasteiger partial charge < -0.3 is 30.2 Å². The van der Waals surface area contributed by atoms with E-state index in [9.17, 15) is 14.7 Å². The summed E-state index contributed by atoms with van der Waals surface area (Å²) >= 11 is 0. The molecular formula is C22H21N7O6. The van der Waals surface area contributed by atoms with Crippen LogP contribution in [0.3, 0.4) is 0 Å². The lowest BCUT2D eigenvalue weighted by atomic mass is 10.2. The van der Waals surface area contributed by atoms with Gasteiger partial charge in [0.25, 0.3) is 23.5 Å². The Morgan fingerprint density at radius 2 is 2.00 bits per heavy atom. The van der Waals surface area contributed by atoms with Crippen molar-refractivity contribution in [3.05, 3.63) is 60.2 Å². The molecule has 1 aromatic carbocycles. The molecule has 0 radical (unpaired) electrons. The van der Waals surface area contributed by atoms with Gasteiger partial charge in [0.15, 0.2) is 5.82 Å². The molecule has 0 aliphatic rings. The van der Waals surface area contributed by atoms with Crippen LogP contribution in [0, 0.1) is 0 Å². The minimum Gasteiger partial charge on any atom is -0.488 e. The third-order valence-corrected chi connectivity index (χ3v) is 4.53. The van der Waals surface area contributed by atoms with Crippen molar-refractivity contribution in [3.8, 4) is 28.8 Å². The van der Waals surface area contributed by atoms with Crippen molar-refractivity contribution in [2.45, 2.75) is 13.0 Å². The number of carbonyl (C=O) groups is 2. The number of nitrogens with one attached hydrogen (secondary N) is 1. The number of nitrogens with zero attached hydrogens (tertiary/aromatic N) is 5. The van der Waals surface area contributed by atoms with Gasteiger partial charge in [-0.3, -0.25) is 14.3 Å². The number of anilines is 1. The van der Waals surface area contributed by atoms with Crippen LogP contribution in [0.25, 0.3) is 11.6 Å². The molecule has 3 heterocycles. The van der Waals surface area contributed by atoms with E-state index in [4.69, 9.17) is 19.7 Å². The predicted molar refractivity (Wildman–Crippen MR) is 121 cm³/mol. The topological polar surface area (TPSA) is 181 Å². The zero-order valence-electron chi connectivity index (χ0n) is 18.7. The van der Waals surface area contributed by atoms with E-state index >= 15 is 0 Å². The minimum atomic E-state index is -0.819. The quantitative estimate of drug-likeness (QED) is 0.320. The molecule has 13 heteroatoms. The molecule has 35 heavy (non-hydrogen) atoms. The van der Waals surface area contributed by atoms with Crippen LogP contribution >= 0.6 is 0 Å². The first kappa shape index (κ1) is 23.4. The maximum absolute atomic E-state index is 12.8. The molecule has 180 valence electrons. The second-order valence-corrected chi connectivity index (χ2v) is 7.40. The van der Waals surface area contributed by atoms with Crippen LogP contribution in [-0.4, -0.2) is 54.5 Å². The van der Waals surface area contributed by atoms with Gasteiger partial charge in [0.2, 0.25) is 0 Å². The van der Waals surface area contributed by atoms with Crippen LogP contribution < -0.4 is 20.5 Å².